The summed E-state index contributed by atoms with van der Waals surface area (Å²) in [6.07, 6.45) is 4.33. The van der Waals surface area contributed by atoms with Crippen LogP contribution in [0.15, 0.2) is 16.3 Å². The predicted octanol–water partition coefficient (Wildman–Crippen LogP) is 1.69. The van der Waals surface area contributed by atoms with Gasteiger partial charge in [-0.15, -0.1) is 23.7 Å². The maximum Gasteiger partial charge on any atom is 0.252 e. The van der Waals surface area contributed by atoms with Crippen LogP contribution in [0.4, 0.5) is 0 Å². The Morgan fingerprint density at radius 2 is 1.92 bits per heavy atom. The molecule has 1 aromatic rings. The smallest absolute Gasteiger partial charge is 0.252 e. The van der Waals surface area contributed by atoms with Crippen LogP contribution in [0.3, 0.4) is 0 Å². The maximum absolute atomic E-state index is 12.6. The van der Waals surface area contributed by atoms with Crippen molar-refractivity contribution in [2.75, 3.05) is 26.2 Å². The second-order valence-corrected chi connectivity index (χ2v) is 10.8. The molecule has 0 bridgehead atoms. The Kier molecular flexibility index (Phi) is 5.99. The molecule has 3 heterocycles. The van der Waals surface area contributed by atoms with Crippen LogP contribution < -0.4 is 5.73 Å². The lowest BCUT2D eigenvalue weighted by Gasteiger charge is -2.18. The number of carbonyl (C=O) groups is 1. The number of sulfonamides is 1. The third-order valence-electron chi connectivity index (χ3n) is 5.89. The Balaban J connectivity index is 0.00000196. The number of halogens is 1. The molecule has 3 atom stereocenters. The van der Waals surface area contributed by atoms with E-state index in [1.165, 1.54) is 11.3 Å². The zero-order valence-corrected chi connectivity index (χ0v) is 17.1. The van der Waals surface area contributed by atoms with Crippen LogP contribution in [0.25, 0.3) is 0 Å². The minimum atomic E-state index is -3.38. The van der Waals surface area contributed by atoms with Gasteiger partial charge < -0.3 is 10.6 Å². The third kappa shape index (κ3) is 3.67. The van der Waals surface area contributed by atoms with E-state index in [0.717, 1.165) is 43.6 Å². The average molecular weight is 420 g/mol. The summed E-state index contributed by atoms with van der Waals surface area (Å²) in [5.74, 6) is 1.08. The van der Waals surface area contributed by atoms with Crippen molar-refractivity contribution in [3.63, 3.8) is 0 Å². The van der Waals surface area contributed by atoms with Crippen LogP contribution in [-0.4, -0.2) is 55.8 Å². The van der Waals surface area contributed by atoms with Crippen LogP contribution in [0, 0.1) is 11.8 Å². The first kappa shape index (κ1) is 20.1. The first-order chi connectivity index (χ1) is 11.9. The van der Waals surface area contributed by atoms with Gasteiger partial charge in [-0.25, -0.2) is 8.42 Å². The van der Waals surface area contributed by atoms with Crippen LogP contribution >= 0.6 is 23.7 Å². The number of hydrogen-bond acceptors (Lipinski definition) is 5. The van der Waals surface area contributed by atoms with Crippen molar-refractivity contribution in [1.29, 1.82) is 0 Å². The van der Waals surface area contributed by atoms with Gasteiger partial charge in [-0.1, -0.05) is 0 Å². The highest BCUT2D eigenvalue weighted by molar-refractivity contribution is 7.91. The standard InChI is InChI=1S/C17H25N3O3S2.ClH/c18-15-5-3-12-10-19(11-14(12)15)16(21)9-13-4-6-17(24-13)25(22,23)20-7-1-2-8-20;/h4,6,12,14-15H,1-3,5,7-11,18H2;1H. The predicted molar refractivity (Wildman–Crippen MR) is 104 cm³/mol. The van der Waals surface area contributed by atoms with Gasteiger partial charge in [-0.05, 0) is 49.7 Å². The first-order valence-corrected chi connectivity index (χ1v) is 11.3. The van der Waals surface area contributed by atoms with Gasteiger partial charge in [0.2, 0.25) is 5.91 Å². The Bertz CT molecular complexity index is 761. The van der Waals surface area contributed by atoms with Crippen molar-refractivity contribution < 1.29 is 13.2 Å². The molecule has 1 amide bonds. The van der Waals surface area contributed by atoms with Crippen molar-refractivity contribution in [2.24, 2.45) is 17.6 Å². The van der Waals surface area contributed by atoms with E-state index in [2.05, 4.69) is 0 Å². The molecule has 0 aromatic carbocycles. The molecular formula is C17H26ClN3O3S2. The van der Waals surface area contributed by atoms with E-state index in [-0.39, 0.29) is 30.8 Å². The van der Waals surface area contributed by atoms with Gasteiger partial charge in [0, 0.05) is 37.1 Å². The average Bonchev–Trinajstić information content (AvgIpc) is 3.34. The summed E-state index contributed by atoms with van der Waals surface area (Å²) < 4.78 is 27.1. The van der Waals surface area contributed by atoms with E-state index in [9.17, 15) is 13.2 Å². The van der Waals surface area contributed by atoms with Crippen molar-refractivity contribution in [1.82, 2.24) is 9.21 Å². The minimum absolute atomic E-state index is 0. The van der Waals surface area contributed by atoms with Gasteiger partial charge in [0.05, 0.1) is 6.42 Å². The van der Waals surface area contributed by atoms with Gasteiger partial charge in [0.15, 0.2) is 0 Å². The fourth-order valence-electron chi connectivity index (χ4n) is 4.42. The molecule has 9 heteroatoms. The normalized spacial score (nSPS) is 29.0. The molecular weight excluding hydrogens is 394 g/mol. The Hall–Kier alpha value is -0.670. The molecule has 2 aliphatic heterocycles. The molecule has 0 spiro atoms. The SMILES string of the molecule is Cl.NC1CCC2CN(C(=O)Cc3ccc(S(=O)(=O)N4CCCC4)s3)CC12. The lowest BCUT2D eigenvalue weighted by molar-refractivity contribution is -0.129. The van der Waals surface area contributed by atoms with E-state index in [0.29, 0.717) is 29.1 Å². The van der Waals surface area contributed by atoms with E-state index < -0.39 is 10.0 Å². The highest BCUT2D eigenvalue weighted by Crippen LogP contribution is 2.37. The van der Waals surface area contributed by atoms with Crippen LogP contribution in [0.5, 0.6) is 0 Å². The molecule has 1 saturated carbocycles. The lowest BCUT2D eigenvalue weighted by Crippen LogP contribution is -2.34. The fraction of sp³-hybridized carbons (Fsp3) is 0.706. The summed E-state index contributed by atoms with van der Waals surface area (Å²) in [4.78, 5) is 15.3. The highest BCUT2D eigenvalue weighted by atomic mass is 35.5. The number of rotatable bonds is 4. The third-order valence-corrected chi connectivity index (χ3v) is 9.34. The second-order valence-electron chi connectivity index (χ2n) is 7.47. The Morgan fingerprint density at radius 1 is 1.19 bits per heavy atom. The Labute approximate surface area is 165 Å². The summed E-state index contributed by atoms with van der Waals surface area (Å²) in [5.41, 5.74) is 6.14. The van der Waals surface area contributed by atoms with E-state index >= 15 is 0 Å². The zero-order chi connectivity index (χ0) is 17.6. The van der Waals surface area contributed by atoms with Crippen molar-refractivity contribution in [3.8, 4) is 0 Å². The van der Waals surface area contributed by atoms with Crippen molar-refractivity contribution >= 4 is 39.7 Å². The molecule has 3 fully saturated rings. The molecule has 3 aliphatic rings. The second kappa shape index (κ2) is 7.75. The number of likely N-dealkylation sites (tertiary alicyclic amines) is 1. The van der Waals surface area contributed by atoms with Gasteiger partial charge in [0.1, 0.15) is 4.21 Å². The van der Waals surface area contributed by atoms with Crippen LogP contribution in [0.2, 0.25) is 0 Å². The number of fused-ring (bicyclic) bond motifs is 1. The first-order valence-electron chi connectivity index (χ1n) is 9.07. The van der Waals surface area contributed by atoms with Gasteiger partial charge in [-0.3, -0.25) is 4.79 Å². The molecule has 3 unspecified atom stereocenters. The molecule has 4 rings (SSSR count). The largest absolute Gasteiger partial charge is 0.342 e. The summed E-state index contributed by atoms with van der Waals surface area (Å²) in [5, 5.41) is 0. The van der Waals surface area contributed by atoms with E-state index in [1.54, 1.807) is 16.4 Å². The summed E-state index contributed by atoms with van der Waals surface area (Å²) in [6.45, 7) is 2.77. The van der Waals surface area contributed by atoms with Crippen molar-refractivity contribution in [2.45, 2.75) is 42.4 Å². The molecule has 6 nitrogen and oxygen atoms in total. The monoisotopic (exact) mass is 419 g/mol. The number of thiophene rings is 1. The summed E-state index contributed by atoms with van der Waals surface area (Å²) in [7, 11) is -3.38. The number of carbonyl (C=O) groups excluding carboxylic acids is 1. The van der Waals surface area contributed by atoms with Gasteiger partial charge in [-0.2, -0.15) is 4.31 Å². The minimum Gasteiger partial charge on any atom is -0.342 e. The van der Waals surface area contributed by atoms with Crippen LogP contribution in [-0.2, 0) is 21.2 Å². The fourth-order valence-corrected chi connectivity index (χ4v) is 7.44. The molecule has 1 aromatic heterocycles. The molecule has 0 radical (unpaired) electrons. The van der Waals surface area contributed by atoms with Gasteiger partial charge >= 0.3 is 0 Å². The number of hydrogen-bond donors (Lipinski definition) is 1. The maximum atomic E-state index is 12.6. The summed E-state index contributed by atoms with van der Waals surface area (Å²) >= 11 is 1.23. The molecule has 1 aliphatic carbocycles. The topological polar surface area (TPSA) is 83.7 Å². The highest BCUT2D eigenvalue weighted by Gasteiger charge is 2.42. The van der Waals surface area contributed by atoms with Crippen molar-refractivity contribution in [3.05, 3.63) is 17.0 Å². The lowest BCUT2D eigenvalue weighted by atomic mass is 9.98. The number of nitrogens with zero attached hydrogens (tertiary/aromatic N) is 2. The van der Waals surface area contributed by atoms with Gasteiger partial charge in [0.25, 0.3) is 10.0 Å². The van der Waals surface area contributed by atoms with Crippen LogP contribution in [0.1, 0.15) is 30.6 Å². The number of amides is 1. The molecule has 146 valence electrons. The summed E-state index contributed by atoms with van der Waals surface area (Å²) in [6, 6.07) is 3.66. The Morgan fingerprint density at radius 3 is 2.62 bits per heavy atom. The van der Waals surface area contributed by atoms with E-state index in [1.807, 2.05) is 4.90 Å². The number of nitrogens with two attached hydrogens (primary N) is 1. The molecule has 2 N–H and O–H groups in total. The molecule has 26 heavy (non-hydrogen) atoms. The molecule has 2 saturated heterocycles. The quantitative estimate of drug-likeness (QED) is 0.804. The zero-order valence-electron chi connectivity index (χ0n) is 14.7. The van der Waals surface area contributed by atoms with E-state index in [4.69, 9.17) is 5.73 Å².